The molecule has 0 bridgehead atoms. The van der Waals surface area contributed by atoms with E-state index in [0.29, 0.717) is 10.2 Å². The maximum Gasteiger partial charge on any atom is 0.328 e. The van der Waals surface area contributed by atoms with Gasteiger partial charge < -0.3 is 9.97 Å². The summed E-state index contributed by atoms with van der Waals surface area (Å²) in [6.45, 7) is 5.26. The van der Waals surface area contributed by atoms with E-state index < -0.39 is 5.69 Å². The van der Waals surface area contributed by atoms with E-state index in [0.717, 1.165) is 0 Å². The summed E-state index contributed by atoms with van der Waals surface area (Å²) >= 11 is 3.13. The summed E-state index contributed by atoms with van der Waals surface area (Å²) < 4.78 is 1.60. The van der Waals surface area contributed by atoms with Gasteiger partial charge in [-0.3, -0.25) is 19.1 Å². The SMILES string of the molecule is Cc1[nH]c(=O)n(C(C)C)c(=O)c1Br.O=c1cc[nH]c(=O)[nH]1. The van der Waals surface area contributed by atoms with Crippen molar-refractivity contribution >= 4 is 15.9 Å². The van der Waals surface area contributed by atoms with Crippen molar-refractivity contribution in [3.8, 4) is 0 Å². The third-order valence-electron chi connectivity index (χ3n) is 2.45. The van der Waals surface area contributed by atoms with Gasteiger partial charge in [0.2, 0.25) is 0 Å². The quantitative estimate of drug-likeness (QED) is 0.676. The molecular formula is C12H15BrN4O4. The van der Waals surface area contributed by atoms with E-state index in [4.69, 9.17) is 0 Å². The summed E-state index contributed by atoms with van der Waals surface area (Å²) in [5, 5.41) is 0. The summed E-state index contributed by atoms with van der Waals surface area (Å²) in [4.78, 5) is 50.1. The van der Waals surface area contributed by atoms with Crippen LogP contribution in [0.5, 0.6) is 0 Å². The highest BCUT2D eigenvalue weighted by atomic mass is 79.9. The van der Waals surface area contributed by atoms with Crippen LogP contribution in [0.2, 0.25) is 0 Å². The molecule has 2 heterocycles. The molecule has 0 radical (unpaired) electrons. The lowest BCUT2D eigenvalue weighted by molar-refractivity contribution is 0.541. The summed E-state index contributed by atoms with van der Waals surface area (Å²) in [6.07, 6.45) is 1.29. The highest BCUT2D eigenvalue weighted by Crippen LogP contribution is 2.06. The van der Waals surface area contributed by atoms with Crippen LogP contribution >= 0.6 is 15.9 Å². The lowest BCUT2D eigenvalue weighted by Crippen LogP contribution is -2.37. The molecule has 9 heteroatoms. The minimum atomic E-state index is -0.475. The van der Waals surface area contributed by atoms with E-state index in [-0.39, 0.29) is 22.9 Å². The molecule has 0 amide bonds. The molecule has 0 aliphatic rings. The van der Waals surface area contributed by atoms with Crippen molar-refractivity contribution < 1.29 is 0 Å². The second kappa shape index (κ2) is 7.02. The predicted molar refractivity (Wildman–Crippen MR) is 81.8 cm³/mol. The molecule has 0 aliphatic carbocycles. The normalized spacial score (nSPS) is 10.1. The lowest BCUT2D eigenvalue weighted by Gasteiger charge is -2.09. The molecule has 114 valence electrons. The Morgan fingerprint density at radius 3 is 2.19 bits per heavy atom. The van der Waals surface area contributed by atoms with Crippen LogP contribution in [0.25, 0.3) is 0 Å². The van der Waals surface area contributed by atoms with Crippen LogP contribution in [0.4, 0.5) is 0 Å². The molecule has 21 heavy (non-hydrogen) atoms. The van der Waals surface area contributed by atoms with Crippen molar-refractivity contribution in [2.45, 2.75) is 26.8 Å². The second-order valence-electron chi connectivity index (χ2n) is 4.43. The Morgan fingerprint density at radius 2 is 1.76 bits per heavy atom. The molecular weight excluding hydrogens is 344 g/mol. The van der Waals surface area contributed by atoms with Crippen LogP contribution in [0.1, 0.15) is 25.6 Å². The van der Waals surface area contributed by atoms with Gasteiger partial charge in [0, 0.05) is 24.0 Å². The van der Waals surface area contributed by atoms with Gasteiger partial charge in [-0.2, -0.15) is 0 Å². The summed E-state index contributed by atoms with van der Waals surface area (Å²) in [6, 6.07) is 1.11. The molecule has 0 aliphatic heterocycles. The van der Waals surface area contributed by atoms with E-state index in [1.165, 1.54) is 16.8 Å². The minimum Gasteiger partial charge on any atom is -0.314 e. The Kier molecular flexibility index (Phi) is 5.65. The predicted octanol–water partition coefficient (Wildman–Crippen LogP) is 0.252. The van der Waals surface area contributed by atoms with Crippen LogP contribution in [0, 0.1) is 6.92 Å². The number of hydrogen-bond donors (Lipinski definition) is 3. The van der Waals surface area contributed by atoms with Crippen molar-refractivity contribution in [3.05, 3.63) is 64.1 Å². The van der Waals surface area contributed by atoms with Gasteiger partial charge in [0.25, 0.3) is 11.1 Å². The minimum absolute atomic E-state index is 0.131. The Morgan fingerprint density at radius 1 is 1.14 bits per heavy atom. The van der Waals surface area contributed by atoms with Crippen molar-refractivity contribution in [1.82, 2.24) is 19.5 Å². The lowest BCUT2D eigenvalue weighted by atomic mass is 10.3. The summed E-state index contributed by atoms with van der Waals surface area (Å²) in [5.74, 6) is 0. The van der Waals surface area contributed by atoms with Crippen LogP contribution in [-0.4, -0.2) is 19.5 Å². The molecule has 0 spiro atoms. The molecule has 0 fully saturated rings. The molecule has 0 aromatic carbocycles. The van der Waals surface area contributed by atoms with Gasteiger partial charge in [-0.25, -0.2) is 9.59 Å². The summed E-state index contributed by atoms with van der Waals surface area (Å²) in [7, 11) is 0. The average Bonchev–Trinajstić information content (AvgIpc) is 2.36. The van der Waals surface area contributed by atoms with Gasteiger partial charge >= 0.3 is 11.4 Å². The zero-order valence-electron chi connectivity index (χ0n) is 11.7. The number of nitrogens with zero attached hydrogens (tertiary/aromatic N) is 1. The zero-order chi connectivity index (χ0) is 16.2. The molecule has 2 aromatic heterocycles. The van der Waals surface area contributed by atoms with Gasteiger partial charge in [0.1, 0.15) is 4.47 Å². The van der Waals surface area contributed by atoms with Crippen molar-refractivity contribution in [3.63, 3.8) is 0 Å². The van der Waals surface area contributed by atoms with E-state index in [9.17, 15) is 19.2 Å². The number of nitrogens with one attached hydrogen (secondary N) is 3. The third kappa shape index (κ3) is 4.42. The number of aromatic amines is 3. The van der Waals surface area contributed by atoms with Crippen LogP contribution in [0.15, 0.2) is 35.9 Å². The molecule has 0 unspecified atom stereocenters. The first kappa shape index (κ1) is 16.9. The Balaban J connectivity index is 0.000000235. The standard InChI is InChI=1S/C8H11BrN2O2.C4H4N2O2/c1-4(2)11-7(12)6(9)5(3)10-8(11)13;7-3-1-2-5-4(8)6-3/h4H,1-3H3,(H,10,13);1-2H,(H2,5,6,7,8). The molecule has 0 atom stereocenters. The Bertz CT molecular complexity index is 818. The fourth-order valence-electron chi connectivity index (χ4n) is 1.49. The molecule has 2 rings (SSSR count). The average molecular weight is 359 g/mol. The Hall–Kier alpha value is -2.16. The smallest absolute Gasteiger partial charge is 0.314 e. The van der Waals surface area contributed by atoms with Crippen LogP contribution in [-0.2, 0) is 0 Å². The summed E-state index contributed by atoms with van der Waals surface area (Å²) in [5.41, 5.74) is -0.935. The van der Waals surface area contributed by atoms with E-state index in [1.54, 1.807) is 20.8 Å². The first-order valence-corrected chi connectivity index (χ1v) is 6.82. The van der Waals surface area contributed by atoms with Gasteiger partial charge in [0.05, 0.1) is 0 Å². The number of aryl methyl sites for hydroxylation is 1. The number of rotatable bonds is 1. The van der Waals surface area contributed by atoms with Gasteiger partial charge in [0.15, 0.2) is 0 Å². The fraction of sp³-hybridized carbons (Fsp3) is 0.333. The highest BCUT2D eigenvalue weighted by molar-refractivity contribution is 9.10. The third-order valence-corrected chi connectivity index (χ3v) is 3.39. The van der Waals surface area contributed by atoms with E-state index in [1.807, 2.05) is 4.98 Å². The molecule has 0 saturated carbocycles. The maximum atomic E-state index is 11.5. The zero-order valence-corrected chi connectivity index (χ0v) is 13.3. The molecule has 2 aromatic rings. The first-order chi connectivity index (χ1) is 9.73. The largest absolute Gasteiger partial charge is 0.328 e. The Labute approximate surface area is 127 Å². The van der Waals surface area contributed by atoms with Gasteiger partial charge in [-0.15, -0.1) is 0 Å². The first-order valence-electron chi connectivity index (χ1n) is 6.03. The van der Waals surface area contributed by atoms with Gasteiger partial charge in [-0.1, -0.05) is 0 Å². The van der Waals surface area contributed by atoms with E-state index in [2.05, 4.69) is 25.9 Å². The monoisotopic (exact) mass is 358 g/mol. The van der Waals surface area contributed by atoms with Crippen molar-refractivity contribution in [1.29, 1.82) is 0 Å². The van der Waals surface area contributed by atoms with Crippen LogP contribution < -0.4 is 22.5 Å². The molecule has 8 nitrogen and oxygen atoms in total. The van der Waals surface area contributed by atoms with Crippen molar-refractivity contribution in [2.75, 3.05) is 0 Å². The number of H-pyrrole nitrogens is 3. The fourth-order valence-corrected chi connectivity index (χ4v) is 1.78. The van der Waals surface area contributed by atoms with E-state index >= 15 is 0 Å². The van der Waals surface area contributed by atoms with Crippen LogP contribution in [0.3, 0.4) is 0 Å². The maximum absolute atomic E-state index is 11.5. The number of aromatic nitrogens is 4. The number of halogens is 1. The molecule has 0 saturated heterocycles. The topological polar surface area (TPSA) is 121 Å². The number of hydrogen-bond acceptors (Lipinski definition) is 4. The van der Waals surface area contributed by atoms with Crippen molar-refractivity contribution in [2.24, 2.45) is 0 Å². The van der Waals surface area contributed by atoms with Gasteiger partial charge in [-0.05, 0) is 36.7 Å². The second-order valence-corrected chi connectivity index (χ2v) is 5.23. The highest BCUT2D eigenvalue weighted by Gasteiger charge is 2.10. The molecule has 3 N–H and O–H groups in total.